The summed E-state index contributed by atoms with van der Waals surface area (Å²) in [6.45, 7) is 3.86. The standard InChI is InChI=1S/C8H16O4Si/c1-5-12-7-6-8-13(9-2,10-3)11-4/h5-6,8H,1,7H2,2-4H3. The van der Waals surface area contributed by atoms with E-state index >= 15 is 0 Å². The molecule has 0 radical (unpaired) electrons. The van der Waals surface area contributed by atoms with E-state index in [1.165, 1.54) is 6.26 Å². The molecule has 13 heavy (non-hydrogen) atoms. The second kappa shape index (κ2) is 6.85. The summed E-state index contributed by atoms with van der Waals surface area (Å²) in [6, 6.07) is 0. The van der Waals surface area contributed by atoms with Crippen LogP contribution in [0.4, 0.5) is 0 Å². The smallest absolute Gasteiger partial charge is 0.498 e. The maximum Gasteiger partial charge on any atom is 0.528 e. The highest BCUT2D eigenvalue weighted by Gasteiger charge is 2.34. The Hall–Kier alpha value is -0.623. The third-order valence-corrected chi connectivity index (χ3v) is 3.84. The lowest BCUT2D eigenvalue weighted by molar-refractivity contribution is 0.138. The lowest BCUT2D eigenvalue weighted by atomic mass is 10.7. The second-order valence-corrected chi connectivity index (χ2v) is 4.88. The van der Waals surface area contributed by atoms with Crippen molar-refractivity contribution in [2.75, 3.05) is 27.9 Å². The van der Waals surface area contributed by atoms with Crippen LogP contribution in [0.2, 0.25) is 0 Å². The molecule has 0 bridgehead atoms. The van der Waals surface area contributed by atoms with Gasteiger partial charge < -0.3 is 18.0 Å². The third kappa shape index (κ3) is 4.23. The predicted octanol–water partition coefficient (Wildman–Crippen LogP) is 1.12. The first-order valence-electron chi connectivity index (χ1n) is 3.80. The first kappa shape index (κ1) is 12.4. The summed E-state index contributed by atoms with van der Waals surface area (Å²) in [6.07, 6.45) is 3.16. The van der Waals surface area contributed by atoms with E-state index in [1.807, 2.05) is 0 Å². The van der Waals surface area contributed by atoms with Crippen LogP contribution in [0.1, 0.15) is 0 Å². The van der Waals surface area contributed by atoms with Crippen LogP contribution >= 0.6 is 0 Å². The Bertz CT molecular complexity index is 157. The van der Waals surface area contributed by atoms with Gasteiger partial charge in [-0.05, 0) is 11.8 Å². The molecule has 0 aliphatic rings. The van der Waals surface area contributed by atoms with Crippen molar-refractivity contribution < 1.29 is 18.0 Å². The Morgan fingerprint density at radius 3 is 2.08 bits per heavy atom. The van der Waals surface area contributed by atoms with Crippen LogP contribution in [0.15, 0.2) is 24.6 Å². The molecule has 0 spiro atoms. The quantitative estimate of drug-likeness (QED) is 0.354. The van der Waals surface area contributed by atoms with Crippen molar-refractivity contribution in [3.63, 3.8) is 0 Å². The van der Waals surface area contributed by atoms with Gasteiger partial charge in [0.25, 0.3) is 0 Å². The Morgan fingerprint density at radius 2 is 1.69 bits per heavy atom. The van der Waals surface area contributed by atoms with Crippen molar-refractivity contribution in [1.82, 2.24) is 0 Å². The summed E-state index contributed by atoms with van der Waals surface area (Å²) in [5.74, 6) is 0. The van der Waals surface area contributed by atoms with E-state index in [0.717, 1.165) is 0 Å². The van der Waals surface area contributed by atoms with Crippen molar-refractivity contribution >= 4 is 8.80 Å². The van der Waals surface area contributed by atoms with Gasteiger partial charge in [0.15, 0.2) is 0 Å². The van der Waals surface area contributed by atoms with Crippen molar-refractivity contribution in [3.8, 4) is 0 Å². The summed E-state index contributed by atoms with van der Waals surface area (Å²) >= 11 is 0. The topological polar surface area (TPSA) is 36.9 Å². The van der Waals surface area contributed by atoms with E-state index in [1.54, 1.807) is 33.1 Å². The Labute approximate surface area is 80.1 Å². The first-order valence-corrected chi connectivity index (χ1v) is 5.60. The van der Waals surface area contributed by atoms with Gasteiger partial charge >= 0.3 is 8.80 Å². The van der Waals surface area contributed by atoms with Crippen LogP contribution in [0.3, 0.4) is 0 Å². The van der Waals surface area contributed by atoms with E-state index in [9.17, 15) is 0 Å². The van der Waals surface area contributed by atoms with E-state index in [-0.39, 0.29) is 0 Å². The normalized spacial score (nSPS) is 11.9. The molecule has 0 N–H and O–H groups in total. The van der Waals surface area contributed by atoms with Crippen molar-refractivity contribution in [1.29, 1.82) is 0 Å². The number of ether oxygens (including phenoxy) is 1. The fraction of sp³-hybridized carbons (Fsp3) is 0.500. The highest BCUT2D eigenvalue weighted by molar-refractivity contribution is 6.66. The molecule has 5 heteroatoms. The van der Waals surface area contributed by atoms with Gasteiger partial charge in [-0.2, -0.15) is 0 Å². The lowest BCUT2D eigenvalue weighted by Gasteiger charge is -2.20. The van der Waals surface area contributed by atoms with Crippen LogP contribution in [0.5, 0.6) is 0 Å². The van der Waals surface area contributed by atoms with Gasteiger partial charge in [-0.15, -0.1) is 0 Å². The average Bonchev–Trinajstić information content (AvgIpc) is 2.20. The fourth-order valence-corrected chi connectivity index (χ4v) is 2.06. The van der Waals surface area contributed by atoms with Crippen LogP contribution < -0.4 is 0 Å². The molecule has 0 aromatic rings. The summed E-state index contributed by atoms with van der Waals surface area (Å²) in [5, 5.41) is 0. The molecule has 0 aromatic carbocycles. The van der Waals surface area contributed by atoms with Crippen LogP contribution in [0.25, 0.3) is 0 Å². The lowest BCUT2D eigenvalue weighted by Crippen LogP contribution is -2.41. The molecule has 0 saturated carbocycles. The molecule has 0 amide bonds. The maximum absolute atomic E-state index is 5.14. The zero-order valence-electron chi connectivity index (χ0n) is 8.28. The minimum atomic E-state index is -2.56. The molecule has 0 aliphatic carbocycles. The van der Waals surface area contributed by atoms with E-state index in [2.05, 4.69) is 6.58 Å². The first-order chi connectivity index (χ1) is 6.24. The molecule has 0 heterocycles. The fourth-order valence-electron chi connectivity index (χ4n) is 0.770. The Morgan fingerprint density at radius 1 is 1.15 bits per heavy atom. The molecule has 0 atom stereocenters. The Kier molecular flexibility index (Phi) is 6.52. The Balaban J connectivity index is 4.06. The SMILES string of the molecule is C=COCC=C[Si](OC)(OC)OC. The van der Waals surface area contributed by atoms with Crippen LogP contribution in [-0.4, -0.2) is 36.7 Å². The summed E-state index contributed by atoms with van der Waals surface area (Å²) in [5.41, 5.74) is 1.76. The second-order valence-electron chi connectivity index (χ2n) is 2.12. The van der Waals surface area contributed by atoms with Gasteiger partial charge in [-0.25, -0.2) is 0 Å². The molecule has 76 valence electrons. The van der Waals surface area contributed by atoms with Gasteiger partial charge in [-0.3, -0.25) is 0 Å². The third-order valence-electron chi connectivity index (χ3n) is 1.49. The van der Waals surface area contributed by atoms with Gasteiger partial charge in [0.2, 0.25) is 0 Å². The molecular weight excluding hydrogens is 188 g/mol. The minimum absolute atomic E-state index is 0.439. The molecule has 0 unspecified atom stereocenters. The molecule has 0 rings (SSSR count). The molecule has 0 aliphatic heterocycles. The number of rotatable bonds is 7. The average molecular weight is 204 g/mol. The van der Waals surface area contributed by atoms with E-state index in [4.69, 9.17) is 18.0 Å². The monoisotopic (exact) mass is 204 g/mol. The molecule has 0 saturated heterocycles. The van der Waals surface area contributed by atoms with E-state index in [0.29, 0.717) is 6.61 Å². The number of hydrogen-bond acceptors (Lipinski definition) is 4. The van der Waals surface area contributed by atoms with Gasteiger partial charge in [0, 0.05) is 21.3 Å². The van der Waals surface area contributed by atoms with Crippen molar-refractivity contribution in [2.24, 2.45) is 0 Å². The summed E-state index contributed by atoms with van der Waals surface area (Å²) < 4.78 is 20.3. The highest BCUT2D eigenvalue weighted by atomic mass is 28.4. The van der Waals surface area contributed by atoms with Crippen molar-refractivity contribution in [2.45, 2.75) is 0 Å². The van der Waals surface area contributed by atoms with Gasteiger partial charge in [0.05, 0.1) is 6.26 Å². The van der Waals surface area contributed by atoms with Gasteiger partial charge in [-0.1, -0.05) is 6.58 Å². The zero-order valence-corrected chi connectivity index (χ0v) is 9.28. The van der Waals surface area contributed by atoms with Crippen molar-refractivity contribution in [3.05, 3.63) is 24.6 Å². The minimum Gasteiger partial charge on any atom is -0.498 e. The van der Waals surface area contributed by atoms with Crippen LogP contribution in [-0.2, 0) is 18.0 Å². The number of hydrogen-bond donors (Lipinski definition) is 0. The van der Waals surface area contributed by atoms with Gasteiger partial charge in [0.1, 0.15) is 6.61 Å². The van der Waals surface area contributed by atoms with Crippen LogP contribution in [0, 0.1) is 0 Å². The largest absolute Gasteiger partial charge is 0.528 e. The van der Waals surface area contributed by atoms with E-state index < -0.39 is 8.80 Å². The zero-order chi connectivity index (χ0) is 10.2. The summed E-state index contributed by atoms with van der Waals surface area (Å²) in [4.78, 5) is 0. The molecule has 0 aromatic heterocycles. The predicted molar refractivity (Wildman–Crippen MR) is 52.1 cm³/mol. The maximum atomic E-state index is 5.14. The molecule has 0 fully saturated rings. The highest BCUT2D eigenvalue weighted by Crippen LogP contribution is 2.07. The molecular formula is C8H16O4Si. The summed E-state index contributed by atoms with van der Waals surface area (Å²) in [7, 11) is 2.10. The molecule has 4 nitrogen and oxygen atoms in total.